The molecule has 0 unspecified atom stereocenters. The molecule has 3 aromatic rings. The number of anilines is 1. The number of esters is 1. The molecule has 4 amide bonds. The highest BCUT2D eigenvalue weighted by Crippen LogP contribution is 2.24. The van der Waals surface area contributed by atoms with Crippen molar-refractivity contribution in [2.24, 2.45) is 0 Å². The van der Waals surface area contributed by atoms with Crippen molar-refractivity contribution in [2.75, 3.05) is 11.5 Å². The van der Waals surface area contributed by atoms with Gasteiger partial charge in [-0.15, -0.1) is 0 Å². The van der Waals surface area contributed by atoms with Crippen LogP contribution in [0, 0.1) is 13.8 Å². The number of carbonyl (C=O) groups excluding carboxylic acids is 4. The molecule has 0 atom stereocenters. The smallest absolute Gasteiger partial charge is 0.338 e. The Morgan fingerprint density at radius 3 is 2.19 bits per heavy atom. The third-order valence-electron chi connectivity index (χ3n) is 5.62. The van der Waals surface area contributed by atoms with Gasteiger partial charge in [0.25, 0.3) is 11.8 Å². The largest absolute Gasteiger partial charge is 0.489 e. The second kappa shape index (κ2) is 10.9. The standard InChI is InChI=1S/C29H26N2O6/c1-4-36-28(34)22-7-9-23(10-8-22)31-27(33)25(26(32)30-29(31)35)16-20-5-11-24(12-6-20)37-17-21-14-18(2)13-19(3)15-21/h5-16H,4,17H2,1-3H3,(H,30,32,35)/b25-16+. The van der Waals surface area contributed by atoms with Gasteiger partial charge in [0, 0.05) is 0 Å². The molecule has 188 valence electrons. The van der Waals surface area contributed by atoms with Crippen molar-refractivity contribution >= 4 is 35.6 Å². The third kappa shape index (κ3) is 5.92. The van der Waals surface area contributed by atoms with Gasteiger partial charge in [0.15, 0.2) is 0 Å². The maximum Gasteiger partial charge on any atom is 0.338 e. The molecule has 8 heteroatoms. The fourth-order valence-corrected chi connectivity index (χ4v) is 4.00. The van der Waals surface area contributed by atoms with Gasteiger partial charge < -0.3 is 9.47 Å². The van der Waals surface area contributed by atoms with Crippen LogP contribution in [0.15, 0.2) is 72.3 Å². The number of hydrogen-bond donors (Lipinski definition) is 1. The lowest BCUT2D eigenvalue weighted by Crippen LogP contribution is -2.54. The van der Waals surface area contributed by atoms with E-state index in [1.165, 1.54) is 41.5 Å². The summed E-state index contributed by atoms with van der Waals surface area (Å²) in [6.07, 6.45) is 1.41. The number of ether oxygens (including phenoxy) is 2. The number of rotatable bonds is 7. The Morgan fingerprint density at radius 1 is 0.919 bits per heavy atom. The first-order chi connectivity index (χ1) is 17.7. The molecule has 3 aromatic carbocycles. The van der Waals surface area contributed by atoms with Crippen LogP contribution in [-0.2, 0) is 20.9 Å². The summed E-state index contributed by atoms with van der Waals surface area (Å²) in [5.41, 5.74) is 4.28. The Hall–Kier alpha value is -4.72. The molecule has 1 fully saturated rings. The Balaban J connectivity index is 1.49. The van der Waals surface area contributed by atoms with Gasteiger partial charge in [0.05, 0.1) is 17.9 Å². The van der Waals surface area contributed by atoms with Gasteiger partial charge in [-0.05, 0) is 74.4 Å². The molecule has 1 heterocycles. The summed E-state index contributed by atoms with van der Waals surface area (Å²) in [4.78, 5) is 50.8. The number of amides is 4. The quantitative estimate of drug-likeness (QED) is 0.287. The molecule has 0 radical (unpaired) electrons. The van der Waals surface area contributed by atoms with E-state index in [4.69, 9.17) is 9.47 Å². The topological polar surface area (TPSA) is 102 Å². The highest BCUT2D eigenvalue weighted by Gasteiger charge is 2.36. The second-order valence-electron chi connectivity index (χ2n) is 8.58. The average molecular weight is 499 g/mol. The second-order valence-corrected chi connectivity index (χ2v) is 8.58. The van der Waals surface area contributed by atoms with Gasteiger partial charge >= 0.3 is 12.0 Å². The predicted molar refractivity (Wildman–Crippen MR) is 138 cm³/mol. The monoisotopic (exact) mass is 498 g/mol. The van der Waals surface area contributed by atoms with Crippen LogP contribution < -0.4 is 15.0 Å². The lowest BCUT2D eigenvalue weighted by atomic mass is 10.1. The molecule has 1 aliphatic heterocycles. The summed E-state index contributed by atoms with van der Waals surface area (Å²) in [5, 5.41) is 2.19. The highest BCUT2D eigenvalue weighted by atomic mass is 16.5. The minimum Gasteiger partial charge on any atom is -0.489 e. The number of barbiturate groups is 1. The summed E-state index contributed by atoms with van der Waals surface area (Å²) in [6.45, 7) is 6.41. The van der Waals surface area contributed by atoms with Crippen LogP contribution in [0.3, 0.4) is 0 Å². The van der Waals surface area contributed by atoms with Crippen molar-refractivity contribution in [2.45, 2.75) is 27.4 Å². The number of benzene rings is 3. The lowest BCUT2D eigenvalue weighted by molar-refractivity contribution is -0.122. The minimum atomic E-state index is -0.869. The molecule has 0 aliphatic carbocycles. The SMILES string of the molecule is CCOC(=O)c1ccc(N2C(=O)NC(=O)/C(=C\c3ccc(OCc4cc(C)cc(C)c4)cc3)C2=O)cc1. The predicted octanol–water partition coefficient (Wildman–Crippen LogP) is 4.73. The Kier molecular flexibility index (Phi) is 7.48. The lowest BCUT2D eigenvalue weighted by Gasteiger charge is -2.26. The van der Waals surface area contributed by atoms with Crippen molar-refractivity contribution in [1.82, 2.24) is 5.32 Å². The zero-order valence-electron chi connectivity index (χ0n) is 20.7. The number of hydrogen-bond acceptors (Lipinski definition) is 6. The molecule has 8 nitrogen and oxygen atoms in total. The Labute approximate surface area is 214 Å². The summed E-state index contributed by atoms with van der Waals surface area (Å²) in [7, 11) is 0. The first-order valence-corrected chi connectivity index (χ1v) is 11.7. The first kappa shape index (κ1) is 25.4. The number of urea groups is 1. The molecule has 1 saturated heterocycles. The van der Waals surface area contributed by atoms with Crippen LogP contribution >= 0.6 is 0 Å². The Morgan fingerprint density at radius 2 is 1.57 bits per heavy atom. The minimum absolute atomic E-state index is 0.196. The van der Waals surface area contributed by atoms with E-state index < -0.39 is 23.8 Å². The van der Waals surface area contributed by atoms with E-state index in [1.54, 1.807) is 31.2 Å². The third-order valence-corrected chi connectivity index (χ3v) is 5.62. The van der Waals surface area contributed by atoms with Crippen LogP contribution in [-0.4, -0.2) is 30.4 Å². The summed E-state index contributed by atoms with van der Waals surface area (Å²) < 4.78 is 10.8. The van der Waals surface area contributed by atoms with E-state index in [0.29, 0.717) is 17.9 Å². The molecular weight excluding hydrogens is 472 g/mol. The van der Waals surface area contributed by atoms with E-state index in [-0.39, 0.29) is 23.4 Å². The molecule has 0 aromatic heterocycles. The van der Waals surface area contributed by atoms with Gasteiger partial charge in [-0.25, -0.2) is 14.5 Å². The van der Waals surface area contributed by atoms with E-state index in [9.17, 15) is 19.2 Å². The first-order valence-electron chi connectivity index (χ1n) is 11.7. The summed E-state index contributed by atoms with van der Waals surface area (Å²) in [6, 6.07) is 18.1. The maximum absolute atomic E-state index is 13.1. The zero-order valence-corrected chi connectivity index (χ0v) is 20.7. The molecule has 1 N–H and O–H groups in total. The maximum atomic E-state index is 13.1. The molecule has 0 spiro atoms. The van der Waals surface area contributed by atoms with Gasteiger partial charge in [0.2, 0.25) is 0 Å². The normalized spacial score (nSPS) is 14.5. The van der Waals surface area contributed by atoms with Gasteiger partial charge in [0.1, 0.15) is 17.9 Å². The fraction of sp³-hybridized carbons (Fsp3) is 0.172. The molecule has 0 saturated carbocycles. The van der Waals surface area contributed by atoms with Crippen molar-refractivity contribution in [3.8, 4) is 5.75 Å². The van der Waals surface area contributed by atoms with Crippen LogP contribution in [0.1, 0.15) is 39.5 Å². The molecule has 4 rings (SSSR count). The van der Waals surface area contributed by atoms with E-state index >= 15 is 0 Å². The van der Waals surface area contributed by atoms with E-state index in [2.05, 4.69) is 23.5 Å². The van der Waals surface area contributed by atoms with Crippen LogP contribution in [0.2, 0.25) is 0 Å². The van der Waals surface area contributed by atoms with Crippen LogP contribution in [0.5, 0.6) is 5.75 Å². The molecule has 0 bridgehead atoms. The molecule has 1 aliphatic rings. The van der Waals surface area contributed by atoms with Gasteiger partial charge in [-0.2, -0.15) is 0 Å². The zero-order chi connectivity index (χ0) is 26.5. The van der Waals surface area contributed by atoms with Crippen molar-refractivity contribution in [1.29, 1.82) is 0 Å². The van der Waals surface area contributed by atoms with Crippen LogP contribution in [0.4, 0.5) is 10.5 Å². The van der Waals surface area contributed by atoms with Gasteiger partial charge in [-0.3, -0.25) is 14.9 Å². The highest BCUT2D eigenvalue weighted by molar-refractivity contribution is 6.39. The number of imide groups is 2. The van der Waals surface area contributed by atoms with Crippen molar-refractivity contribution in [3.05, 3.63) is 100 Å². The summed E-state index contributed by atoms with van der Waals surface area (Å²) >= 11 is 0. The summed E-state index contributed by atoms with van der Waals surface area (Å²) in [5.74, 6) is -1.43. The fourth-order valence-electron chi connectivity index (χ4n) is 4.00. The number of carbonyl (C=O) groups is 4. The average Bonchev–Trinajstić information content (AvgIpc) is 2.86. The van der Waals surface area contributed by atoms with E-state index in [1.807, 2.05) is 13.8 Å². The number of aryl methyl sites for hydroxylation is 2. The molecule has 37 heavy (non-hydrogen) atoms. The van der Waals surface area contributed by atoms with Crippen LogP contribution in [0.25, 0.3) is 6.08 Å². The number of nitrogens with one attached hydrogen (secondary N) is 1. The van der Waals surface area contributed by atoms with Crippen molar-refractivity contribution in [3.63, 3.8) is 0 Å². The van der Waals surface area contributed by atoms with Crippen molar-refractivity contribution < 1.29 is 28.7 Å². The van der Waals surface area contributed by atoms with Gasteiger partial charge in [-0.1, -0.05) is 41.5 Å². The Bertz CT molecular complexity index is 1370. The number of nitrogens with zero attached hydrogens (tertiary/aromatic N) is 1. The molecular formula is C29H26N2O6. The van der Waals surface area contributed by atoms with E-state index in [0.717, 1.165) is 10.5 Å².